The molecule has 1 heterocycles. The fraction of sp³-hybridized carbons (Fsp3) is 0.222. The number of aromatic nitrogens is 2. The first-order valence-corrected chi connectivity index (χ1v) is 4.00. The van der Waals surface area contributed by atoms with Gasteiger partial charge in [-0.15, -0.1) is 0 Å². The number of aryl methyl sites for hydroxylation is 1. The Labute approximate surface area is 75.7 Å². The van der Waals surface area contributed by atoms with Gasteiger partial charge in [-0.25, -0.2) is 4.98 Å². The third kappa shape index (κ3) is 1.20. The molecule has 0 aliphatic rings. The number of hydrogen-bond acceptors (Lipinski definition) is 3. The summed E-state index contributed by atoms with van der Waals surface area (Å²) in [6, 6.07) is 3.66. The van der Waals surface area contributed by atoms with E-state index < -0.39 is 0 Å². The van der Waals surface area contributed by atoms with Crippen molar-refractivity contribution in [2.45, 2.75) is 6.92 Å². The highest BCUT2D eigenvalue weighted by molar-refractivity contribution is 5.82. The van der Waals surface area contributed by atoms with Crippen molar-refractivity contribution >= 4 is 16.7 Å². The molecular weight excluding hydrogens is 166 g/mol. The average molecular weight is 177 g/mol. The molecule has 2 aromatic rings. The Kier molecular flexibility index (Phi) is 1.62. The van der Waals surface area contributed by atoms with Crippen molar-refractivity contribution in [3.63, 3.8) is 0 Å². The lowest BCUT2D eigenvalue weighted by Gasteiger charge is -2.02. The number of imidazole rings is 1. The Hall–Kier alpha value is -1.71. The van der Waals surface area contributed by atoms with Gasteiger partial charge >= 0.3 is 0 Å². The summed E-state index contributed by atoms with van der Waals surface area (Å²) < 4.78 is 5.08. The maximum Gasteiger partial charge on any atom is 0.144 e. The lowest BCUT2D eigenvalue weighted by atomic mass is 10.2. The number of fused-ring (bicyclic) bond motifs is 1. The summed E-state index contributed by atoms with van der Waals surface area (Å²) in [7, 11) is 1.59. The quantitative estimate of drug-likeness (QED) is 0.648. The Morgan fingerprint density at radius 1 is 1.46 bits per heavy atom. The zero-order chi connectivity index (χ0) is 9.42. The molecule has 0 atom stereocenters. The molecule has 0 fully saturated rings. The van der Waals surface area contributed by atoms with Gasteiger partial charge in [0.25, 0.3) is 0 Å². The second-order valence-electron chi connectivity index (χ2n) is 2.93. The molecule has 1 aromatic carbocycles. The maximum atomic E-state index is 5.73. The molecule has 0 saturated carbocycles. The molecule has 2 rings (SSSR count). The summed E-state index contributed by atoms with van der Waals surface area (Å²) >= 11 is 0. The highest BCUT2D eigenvalue weighted by Crippen LogP contribution is 2.26. The molecule has 0 saturated heterocycles. The number of nitrogens with one attached hydrogen (secondary N) is 1. The topological polar surface area (TPSA) is 63.9 Å². The molecule has 0 unspecified atom stereocenters. The fourth-order valence-corrected chi connectivity index (χ4v) is 1.36. The normalized spacial score (nSPS) is 10.6. The van der Waals surface area contributed by atoms with Crippen LogP contribution >= 0.6 is 0 Å². The smallest absolute Gasteiger partial charge is 0.144 e. The number of hydrogen-bond donors (Lipinski definition) is 2. The van der Waals surface area contributed by atoms with E-state index in [2.05, 4.69) is 9.97 Å². The summed E-state index contributed by atoms with van der Waals surface area (Å²) in [6.45, 7) is 1.91. The molecule has 0 spiro atoms. The Morgan fingerprint density at radius 2 is 2.23 bits per heavy atom. The van der Waals surface area contributed by atoms with Gasteiger partial charge in [0, 0.05) is 6.07 Å². The predicted molar refractivity (Wildman–Crippen MR) is 51.8 cm³/mol. The van der Waals surface area contributed by atoms with Crippen LogP contribution < -0.4 is 10.5 Å². The van der Waals surface area contributed by atoms with Gasteiger partial charge in [-0.2, -0.15) is 0 Å². The minimum absolute atomic E-state index is 0.624. The molecule has 4 heteroatoms. The number of aromatic amines is 1. The number of methoxy groups -OCH3 is 1. The maximum absolute atomic E-state index is 5.73. The number of ether oxygens (including phenoxy) is 1. The minimum atomic E-state index is 0.624. The van der Waals surface area contributed by atoms with Crippen molar-refractivity contribution in [1.82, 2.24) is 9.97 Å². The van der Waals surface area contributed by atoms with Crippen molar-refractivity contribution in [3.8, 4) is 5.75 Å². The van der Waals surface area contributed by atoms with Crippen molar-refractivity contribution in [2.75, 3.05) is 12.8 Å². The van der Waals surface area contributed by atoms with Crippen LogP contribution in [-0.2, 0) is 0 Å². The van der Waals surface area contributed by atoms with Crippen LogP contribution in [0.5, 0.6) is 5.75 Å². The van der Waals surface area contributed by atoms with Gasteiger partial charge in [-0.1, -0.05) is 0 Å². The predicted octanol–water partition coefficient (Wildman–Crippen LogP) is 1.46. The third-order valence-electron chi connectivity index (χ3n) is 1.95. The van der Waals surface area contributed by atoms with Crippen molar-refractivity contribution in [1.29, 1.82) is 0 Å². The molecule has 3 N–H and O–H groups in total. The monoisotopic (exact) mass is 177 g/mol. The van der Waals surface area contributed by atoms with E-state index >= 15 is 0 Å². The molecule has 0 radical (unpaired) electrons. The summed E-state index contributed by atoms with van der Waals surface area (Å²) in [5.41, 5.74) is 8.18. The minimum Gasteiger partial charge on any atom is -0.495 e. The first-order valence-electron chi connectivity index (χ1n) is 4.00. The van der Waals surface area contributed by atoms with Gasteiger partial charge in [-0.05, 0) is 13.0 Å². The van der Waals surface area contributed by atoms with Crippen LogP contribution in [-0.4, -0.2) is 17.1 Å². The van der Waals surface area contributed by atoms with Crippen LogP contribution in [0.2, 0.25) is 0 Å². The van der Waals surface area contributed by atoms with Crippen LogP contribution in [0.1, 0.15) is 5.82 Å². The molecule has 4 nitrogen and oxygen atoms in total. The third-order valence-corrected chi connectivity index (χ3v) is 1.95. The largest absolute Gasteiger partial charge is 0.495 e. The van der Waals surface area contributed by atoms with Gasteiger partial charge in [0.05, 0.1) is 23.8 Å². The van der Waals surface area contributed by atoms with Gasteiger partial charge in [0.15, 0.2) is 0 Å². The highest BCUT2D eigenvalue weighted by Gasteiger charge is 2.04. The zero-order valence-corrected chi connectivity index (χ0v) is 7.59. The molecule has 0 aliphatic heterocycles. The van der Waals surface area contributed by atoms with E-state index in [0.717, 1.165) is 16.9 Å². The Morgan fingerprint density at radius 3 is 2.92 bits per heavy atom. The van der Waals surface area contributed by atoms with Crippen LogP contribution in [0.4, 0.5) is 5.69 Å². The molecule has 0 bridgehead atoms. The van der Waals surface area contributed by atoms with Crippen molar-refractivity contribution < 1.29 is 4.74 Å². The molecule has 13 heavy (non-hydrogen) atoms. The van der Waals surface area contributed by atoms with Crippen LogP contribution in [0.15, 0.2) is 12.1 Å². The van der Waals surface area contributed by atoms with E-state index in [9.17, 15) is 0 Å². The van der Waals surface area contributed by atoms with E-state index in [1.54, 1.807) is 7.11 Å². The van der Waals surface area contributed by atoms with E-state index in [0.29, 0.717) is 11.4 Å². The SMILES string of the molecule is COc1cc2nc(C)[nH]c2cc1N. The van der Waals surface area contributed by atoms with Gasteiger partial charge in [0.2, 0.25) is 0 Å². The average Bonchev–Trinajstić information content (AvgIpc) is 2.42. The molecule has 1 aromatic heterocycles. The Bertz CT molecular complexity index is 447. The second-order valence-corrected chi connectivity index (χ2v) is 2.93. The number of rotatable bonds is 1. The number of H-pyrrole nitrogens is 1. The summed E-state index contributed by atoms with van der Waals surface area (Å²) in [4.78, 5) is 7.38. The summed E-state index contributed by atoms with van der Waals surface area (Å²) in [5.74, 6) is 1.54. The van der Waals surface area contributed by atoms with Crippen molar-refractivity contribution in [3.05, 3.63) is 18.0 Å². The van der Waals surface area contributed by atoms with Gasteiger partial charge in [0.1, 0.15) is 11.6 Å². The van der Waals surface area contributed by atoms with E-state index in [-0.39, 0.29) is 0 Å². The second kappa shape index (κ2) is 2.65. The first-order chi connectivity index (χ1) is 6.20. The molecule has 0 aliphatic carbocycles. The van der Waals surface area contributed by atoms with Crippen molar-refractivity contribution in [2.24, 2.45) is 0 Å². The number of nitrogens with zero attached hydrogens (tertiary/aromatic N) is 1. The zero-order valence-electron chi connectivity index (χ0n) is 7.59. The standard InChI is InChI=1S/C9H11N3O/c1-5-11-7-3-6(10)9(13-2)4-8(7)12-5/h3-4H,10H2,1-2H3,(H,11,12). The lowest BCUT2D eigenvalue weighted by molar-refractivity contribution is 0.417. The van der Waals surface area contributed by atoms with Crippen LogP contribution in [0.25, 0.3) is 11.0 Å². The van der Waals surface area contributed by atoms with E-state index in [4.69, 9.17) is 10.5 Å². The van der Waals surface area contributed by atoms with Crippen LogP contribution in [0.3, 0.4) is 0 Å². The van der Waals surface area contributed by atoms with Crippen LogP contribution in [0, 0.1) is 6.92 Å². The number of nitrogens with two attached hydrogens (primary N) is 1. The van der Waals surface area contributed by atoms with E-state index in [1.165, 1.54) is 0 Å². The molecule has 0 amide bonds. The summed E-state index contributed by atoms with van der Waals surface area (Å²) in [5, 5.41) is 0. The first kappa shape index (κ1) is 7.91. The molecule has 68 valence electrons. The lowest BCUT2D eigenvalue weighted by Crippen LogP contribution is -1.91. The highest BCUT2D eigenvalue weighted by atomic mass is 16.5. The number of benzene rings is 1. The van der Waals surface area contributed by atoms with Gasteiger partial charge < -0.3 is 15.5 Å². The molecular formula is C9H11N3O. The number of anilines is 1. The van der Waals surface area contributed by atoms with E-state index in [1.807, 2.05) is 19.1 Å². The number of nitrogen functional groups attached to an aromatic ring is 1. The Balaban J connectivity index is 2.72. The summed E-state index contributed by atoms with van der Waals surface area (Å²) in [6.07, 6.45) is 0. The fourth-order valence-electron chi connectivity index (χ4n) is 1.36. The van der Waals surface area contributed by atoms with Gasteiger partial charge in [-0.3, -0.25) is 0 Å².